The van der Waals surface area contributed by atoms with Crippen molar-refractivity contribution in [1.29, 1.82) is 0 Å². The quantitative estimate of drug-likeness (QED) is 0.583. The fourth-order valence-corrected chi connectivity index (χ4v) is 4.48. The second-order valence-corrected chi connectivity index (χ2v) is 8.54. The molecule has 0 unspecified atom stereocenters. The van der Waals surface area contributed by atoms with Gasteiger partial charge in [0, 0.05) is 19.0 Å². The molecule has 0 radical (unpaired) electrons. The highest BCUT2D eigenvalue weighted by atomic mass is 16.5. The fourth-order valence-electron chi connectivity index (χ4n) is 4.48. The highest BCUT2D eigenvalue weighted by Crippen LogP contribution is 2.64. The lowest BCUT2D eigenvalue weighted by Crippen LogP contribution is -2.33. The predicted octanol–water partition coefficient (Wildman–Crippen LogP) is 4.36. The number of benzene rings is 2. The second kappa shape index (κ2) is 7.59. The van der Waals surface area contributed by atoms with E-state index in [1.165, 1.54) is 5.56 Å². The van der Waals surface area contributed by atoms with E-state index >= 15 is 0 Å². The van der Waals surface area contributed by atoms with Gasteiger partial charge >= 0.3 is 0 Å². The van der Waals surface area contributed by atoms with Crippen LogP contribution >= 0.6 is 0 Å². The summed E-state index contributed by atoms with van der Waals surface area (Å²) in [7, 11) is 5.30. The Morgan fingerprint density at radius 1 is 0.967 bits per heavy atom. The minimum Gasteiger partial charge on any atom is -0.496 e. The molecule has 0 aliphatic heterocycles. The summed E-state index contributed by atoms with van der Waals surface area (Å²) in [5, 5.41) is 8.54. The maximum absolute atomic E-state index is 5.54. The molecule has 6 heteroatoms. The van der Waals surface area contributed by atoms with E-state index in [0.29, 0.717) is 23.1 Å². The number of methoxy groups -OCH3 is 2. The predicted molar refractivity (Wildman–Crippen MR) is 118 cm³/mol. The molecule has 30 heavy (non-hydrogen) atoms. The van der Waals surface area contributed by atoms with Gasteiger partial charge in [0.05, 0.1) is 26.0 Å². The SMILES string of the molecule is COc1cccc(OC)c1-c1cnnc(N(C)C[C@@]2(c3ccccc3)CC2(C)C)n1. The third-order valence-electron chi connectivity index (χ3n) is 6.32. The standard InChI is InChI=1S/C24H28N4O2/c1-23(2)15-24(23,17-10-7-6-8-11-17)16-28(3)22-26-18(14-25-27-22)21-19(29-4)12-9-13-20(21)30-5/h6-14H,15-16H2,1-5H3/t24-/m1/s1. The van der Waals surface area contributed by atoms with Gasteiger partial charge in [-0.3, -0.25) is 0 Å². The van der Waals surface area contributed by atoms with Gasteiger partial charge in [-0.15, -0.1) is 5.10 Å². The number of ether oxygens (including phenoxy) is 2. The van der Waals surface area contributed by atoms with Gasteiger partial charge in [-0.1, -0.05) is 50.2 Å². The summed E-state index contributed by atoms with van der Waals surface area (Å²) in [6, 6.07) is 16.4. The number of aromatic nitrogens is 3. The first kappa shape index (κ1) is 20.1. The first-order valence-corrected chi connectivity index (χ1v) is 10.1. The van der Waals surface area contributed by atoms with Gasteiger partial charge < -0.3 is 14.4 Å². The van der Waals surface area contributed by atoms with Crippen molar-refractivity contribution in [3.63, 3.8) is 0 Å². The zero-order valence-electron chi connectivity index (χ0n) is 18.2. The lowest BCUT2D eigenvalue weighted by atomic mass is 9.87. The number of likely N-dealkylation sites (N-methyl/N-ethyl adjacent to an activating group) is 1. The molecule has 1 heterocycles. The minimum absolute atomic E-state index is 0.0739. The molecule has 0 bridgehead atoms. The normalized spacial score (nSPS) is 19.2. The van der Waals surface area contributed by atoms with E-state index in [1.807, 2.05) is 25.2 Å². The van der Waals surface area contributed by atoms with Crippen LogP contribution in [0, 0.1) is 5.41 Å². The van der Waals surface area contributed by atoms with Crippen molar-refractivity contribution in [2.45, 2.75) is 25.7 Å². The molecule has 0 saturated heterocycles. The van der Waals surface area contributed by atoms with Crippen molar-refractivity contribution >= 4 is 5.95 Å². The van der Waals surface area contributed by atoms with Crippen LogP contribution < -0.4 is 14.4 Å². The third kappa shape index (κ3) is 3.36. The van der Waals surface area contributed by atoms with E-state index in [1.54, 1.807) is 20.4 Å². The maximum Gasteiger partial charge on any atom is 0.245 e. The average Bonchev–Trinajstić information content (AvgIpc) is 3.34. The number of hydrogen-bond donors (Lipinski definition) is 0. The van der Waals surface area contributed by atoms with Gasteiger partial charge in [0.25, 0.3) is 0 Å². The molecule has 1 atom stereocenters. The van der Waals surface area contributed by atoms with Crippen molar-refractivity contribution in [3.8, 4) is 22.8 Å². The van der Waals surface area contributed by atoms with Crippen molar-refractivity contribution in [3.05, 3.63) is 60.3 Å². The van der Waals surface area contributed by atoms with Crippen LogP contribution in [-0.2, 0) is 5.41 Å². The zero-order valence-corrected chi connectivity index (χ0v) is 18.2. The van der Waals surface area contributed by atoms with Crippen LogP contribution in [0.25, 0.3) is 11.3 Å². The Labute approximate surface area is 177 Å². The molecule has 1 aliphatic rings. The molecule has 156 valence electrons. The summed E-state index contributed by atoms with van der Waals surface area (Å²) in [6.45, 7) is 5.46. The van der Waals surface area contributed by atoms with Gasteiger partial charge in [-0.2, -0.15) is 5.10 Å². The first-order chi connectivity index (χ1) is 14.4. The maximum atomic E-state index is 5.54. The van der Waals surface area contributed by atoms with Crippen LogP contribution in [0.3, 0.4) is 0 Å². The summed E-state index contributed by atoms with van der Waals surface area (Å²) in [5.41, 5.74) is 3.10. The Morgan fingerprint density at radius 3 is 2.17 bits per heavy atom. The number of hydrogen-bond acceptors (Lipinski definition) is 6. The number of anilines is 1. The third-order valence-corrected chi connectivity index (χ3v) is 6.32. The van der Waals surface area contributed by atoms with Gasteiger partial charge in [0.1, 0.15) is 17.2 Å². The Bertz CT molecular complexity index is 1020. The highest BCUT2D eigenvalue weighted by molar-refractivity contribution is 5.74. The van der Waals surface area contributed by atoms with Crippen LogP contribution in [0.5, 0.6) is 11.5 Å². The lowest BCUT2D eigenvalue weighted by Gasteiger charge is -2.27. The van der Waals surface area contributed by atoms with Crippen LogP contribution in [0.2, 0.25) is 0 Å². The molecule has 6 nitrogen and oxygen atoms in total. The Morgan fingerprint density at radius 2 is 1.60 bits per heavy atom. The molecule has 2 aromatic carbocycles. The average molecular weight is 405 g/mol. The summed E-state index contributed by atoms with van der Waals surface area (Å²) in [6.07, 6.45) is 2.77. The Balaban J connectivity index is 1.67. The molecule has 3 aromatic rings. The Hall–Kier alpha value is -3.15. The second-order valence-electron chi connectivity index (χ2n) is 8.54. The summed E-state index contributed by atoms with van der Waals surface area (Å²) in [5.74, 6) is 1.96. The zero-order chi connectivity index (χ0) is 21.4. The van der Waals surface area contributed by atoms with E-state index in [0.717, 1.165) is 18.5 Å². The molecule has 0 N–H and O–H groups in total. The van der Waals surface area contributed by atoms with Crippen molar-refractivity contribution in [2.75, 3.05) is 32.7 Å². The first-order valence-electron chi connectivity index (χ1n) is 10.1. The van der Waals surface area contributed by atoms with Gasteiger partial charge in [0.15, 0.2) is 0 Å². The van der Waals surface area contributed by atoms with Crippen molar-refractivity contribution in [1.82, 2.24) is 15.2 Å². The molecule has 1 saturated carbocycles. The molecular formula is C24H28N4O2. The summed E-state index contributed by atoms with van der Waals surface area (Å²) in [4.78, 5) is 6.90. The van der Waals surface area contributed by atoms with E-state index in [-0.39, 0.29) is 10.8 Å². The Kier molecular flexibility index (Phi) is 5.10. The molecule has 4 rings (SSSR count). The van der Waals surface area contributed by atoms with Crippen LogP contribution in [-0.4, -0.2) is 43.0 Å². The van der Waals surface area contributed by atoms with E-state index in [9.17, 15) is 0 Å². The molecule has 0 amide bonds. The molecule has 1 fully saturated rings. The molecular weight excluding hydrogens is 376 g/mol. The molecule has 0 spiro atoms. The minimum atomic E-state index is 0.0739. The van der Waals surface area contributed by atoms with Gasteiger partial charge in [-0.05, 0) is 29.5 Å². The van der Waals surface area contributed by atoms with Crippen molar-refractivity contribution < 1.29 is 9.47 Å². The fraction of sp³-hybridized carbons (Fsp3) is 0.375. The summed E-state index contributed by atoms with van der Waals surface area (Å²) < 4.78 is 11.1. The highest BCUT2D eigenvalue weighted by Gasteiger charge is 2.62. The largest absolute Gasteiger partial charge is 0.496 e. The van der Waals surface area contributed by atoms with E-state index in [4.69, 9.17) is 14.5 Å². The topological polar surface area (TPSA) is 60.4 Å². The summed E-state index contributed by atoms with van der Waals surface area (Å²) >= 11 is 0. The van der Waals surface area contributed by atoms with Crippen LogP contribution in [0.1, 0.15) is 25.8 Å². The van der Waals surface area contributed by atoms with Crippen LogP contribution in [0.4, 0.5) is 5.95 Å². The van der Waals surface area contributed by atoms with E-state index in [2.05, 4.69) is 59.3 Å². The smallest absolute Gasteiger partial charge is 0.245 e. The van der Waals surface area contributed by atoms with Gasteiger partial charge in [-0.25, -0.2) is 4.98 Å². The van der Waals surface area contributed by atoms with E-state index < -0.39 is 0 Å². The molecule has 1 aliphatic carbocycles. The van der Waals surface area contributed by atoms with Crippen molar-refractivity contribution in [2.24, 2.45) is 5.41 Å². The number of rotatable bonds is 7. The lowest BCUT2D eigenvalue weighted by molar-refractivity contribution is 0.397. The van der Waals surface area contributed by atoms with Gasteiger partial charge in [0.2, 0.25) is 5.95 Å². The number of nitrogens with zero attached hydrogens (tertiary/aromatic N) is 4. The molecule has 1 aromatic heterocycles. The monoisotopic (exact) mass is 404 g/mol. The van der Waals surface area contributed by atoms with Crippen LogP contribution in [0.15, 0.2) is 54.7 Å².